The third kappa shape index (κ3) is 3.97. The molecule has 110 valence electrons. The van der Waals surface area contributed by atoms with Gasteiger partial charge in [0, 0.05) is 11.4 Å². The molecule has 2 N–H and O–H groups in total. The van der Waals surface area contributed by atoms with Gasteiger partial charge in [-0.1, -0.05) is 60.7 Å². The molecular formula is C16H19IN2SSi. The standard InChI is InChI=1S/C16H18N2SSi.HI/c1-20(2,13-8-4-3-5-9-13)12-19-16-17-14-10-6-7-11-15(14)18-16;/h3-11H,12H2,1-2H3,(H,17,18);1H. The van der Waals surface area contributed by atoms with Crippen LogP contribution >= 0.6 is 11.8 Å². The highest BCUT2D eigenvalue weighted by atomic mass is 127. The number of thioether (sulfide) groups is 1. The Morgan fingerprint density at radius 3 is 2.38 bits per heavy atom. The second-order valence-corrected chi connectivity index (χ2v) is 11.9. The van der Waals surface area contributed by atoms with Crippen LogP contribution in [-0.4, -0.2) is 18.6 Å². The van der Waals surface area contributed by atoms with Gasteiger partial charge in [-0.15, -0.1) is 0 Å². The highest BCUT2D eigenvalue weighted by Crippen LogP contribution is 2.26. The van der Waals surface area contributed by atoms with Crippen LogP contribution in [0.25, 0.3) is 0 Å². The first-order chi connectivity index (χ1) is 9.65. The van der Waals surface area contributed by atoms with E-state index >= 15 is 0 Å². The van der Waals surface area contributed by atoms with E-state index in [1.165, 1.54) is 16.3 Å². The molecule has 0 bridgehead atoms. The lowest BCUT2D eigenvalue weighted by molar-refractivity contribution is -0.432. The number of nitrogens with zero attached hydrogens (tertiary/aromatic N) is 1. The molecule has 1 heterocycles. The van der Waals surface area contributed by atoms with Crippen molar-refractivity contribution in [1.82, 2.24) is 0 Å². The lowest BCUT2D eigenvalue weighted by atomic mass is 10.3. The Morgan fingerprint density at radius 2 is 1.67 bits per heavy atom. The Labute approximate surface area is 148 Å². The van der Waals surface area contributed by atoms with Crippen molar-refractivity contribution in [2.45, 2.75) is 13.1 Å². The summed E-state index contributed by atoms with van der Waals surface area (Å²) >= 11 is 1.90. The van der Waals surface area contributed by atoms with Crippen molar-refractivity contribution in [3.63, 3.8) is 0 Å². The summed E-state index contributed by atoms with van der Waals surface area (Å²) in [7, 11) is -1.39. The van der Waals surface area contributed by atoms with Gasteiger partial charge in [-0.3, -0.25) is 5.32 Å². The lowest BCUT2D eigenvalue weighted by Crippen LogP contribution is -3.00. The van der Waals surface area contributed by atoms with Gasteiger partial charge in [-0.25, -0.2) is 0 Å². The lowest BCUT2D eigenvalue weighted by Gasteiger charge is -2.21. The molecule has 1 aliphatic rings. The summed E-state index contributed by atoms with van der Waals surface area (Å²) in [5.41, 5.74) is 2.35. The molecule has 0 atom stereocenters. The van der Waals surface area contributed by atoms with Crippen LogP contribution in [0.4, 0.5) is 11.4 Å². The van der Waals surface area contributed by atoms with E-state index in [1.54, 1.807) is 0 Å². The quantitative estimate of drug-likeness (QED) is 0.410. The fourth-order valence-electron chi connectivity index (χ4n) is 2.30. The van der Waals surface area contributed by atoms with Crippen LogP contribution in [0.5, 0.6) is 0 Å². The van der Waals surface area contributed by atoms with Gasteiger partial charge in [0.15, 0.2) is 5.69 Å². The molecule has 5 heteroatoms. The molecule has 0 fully saturated rings. The molecule has 2 aromatic rings. The Kier molecular flexibility index (Phi) is 5.65. The van der Waals surface area contributed by atoms with E-state index in [9.17, 15) is 0 Å². The Bertz CT molecular complexity index is 644. The molecule has 2 nitrogen and oxygen atoms in total. The minimum Gasteiger partial charge on any atom is -1.00 e. The predicted octanol–water partition coefficient (Wildman–Crippen LogP) is -0.225. The molecule has 2 aromatic carbocycles. The van der Waals surface area contributed by atoms with Crippen LogP contribution < -0.4 is 34.5 Å². The van der Waals surface area contributed by atoms with Crippen molar-refractivity contribution in [3.8, 4) is 0 Å². The average molecular weight is 426 g/mol. The molecule has 0 saturated carbocycles. The SMILES string of the molecule is C[Si](C)(CSC1=Nc2ccccc2[NH2+]1)c1ccccc1.[I-]. The number of fused-ring (bicyclic) bond motifs is 1. The molecule has 0 spiro atoms. The maximum Gasteiger partial charge on any atom is 0.265 e. The number of aliphatic imine (C=N–C) groups is 1. The van der Waals surface area contributed by atoms with Crippen LogP contribution in [0.15, 0.2) is 59.6 Å². The largest absolute Gasteiger partial charge is 1.00 e. The van der Waals surface area contributed by atoms with Crippen LogP contribution in [-0.2, 0) is 0 Å². The number of halogens is 1. The van der Waals surface area contributed by atoms with Crippen LogP contribution in [0.2, 0.25) is 13.1 Å². The maximum absolute atomic E-state index is 4.69. The molecule has 1 aliphatic heterocycles. The van der Waals surface area contributed by atoms with E-state index in [0.717, 1.165) is 10.9 Å². The van der Waals surface area contributed by atoms with E-state index in [2.05, 4.69) is 66.9 Å². The van der Waals surface area contributed by atoms with E-state index in [-0.39, 0.29) is 24.0 Å². The number of para-hydroxylation sites is 2. The van der Waals surface area contributed by atoms with Crippen molar-refractivity contribution < 1.29 is 29.3 Å². The van der Waals surface area contributed by atoms with Crippen molar-refractivity contribution in [2.75, 3.05) is 5.38 Å². The van der Waals surface area contributed by atoms with Crippen LogP contribution in [0.3, 0.4) is 0 Å². The summed E-state index contributed by atoms with van der Waals surface area (Å²) in [4.78, 5) is 4.69. The van der Waals surface area contributed by atoms with E-state index in [0.29, 0.717) is 0 Å². The van der Waals surface area contributed by atoms with E-state index < -0.39 is 8.07 Å². The molecule has 0 amide bonds. The molecule has 0 aliphatic carbocycles. The van der Waals surface area contributed by atoms with Crippen molar-refractivity contribution >= 4 is 41.6 Å². The number of amidine groups is 1. The first kappa shape index (κ1) is 16.7. The summed E-state index contributed by atoms with van der Waals surface area (Å²) in [6, 6.07) is 19.2. The fourth-order valence-corrected chi connectivity index (χ4v) is 6.47. The predicted molar refractivity (Wildman–Crippen MR) is 91.1 cm³/mol. The van der Waals surface area contributed by atoms with Crippen molar-refractivity contribution in [1.29, 1.82) is 0 Å². The second-order valence-electron chi connectivity index (χ2n) is 5.69. The summed E-state index contributed by atoms with van der Waals surface area (Å²) < 4.78 is 0. The highest BCUT2D eigenvalue weighted by Gasteiger charge is 2.27. The monoisotopic (exact) mass is 426 g/mol. The molecular weight excluding hydrogens is 407 g/mol. The number of quaternary nitrogens is 1. The number of hydrogen-bond acceptors (Lipinski definition) is 2. The van der Waals surface area contributed by atoms with Gasteiger partial charge >= 0.3 is 0 Å². The second kappa shape index (κ2) is 7.08. The average Bonchev–Trinajstić information content (AvgIpc) is 2.89. The molecule has 0 radical (unpaired) electrons. The summed E-state index contributed by atoms with van der Waals surface area (Å²) in [6.07, 6.45) is 0. The normalized spacial score (nSPS) is 13.3. The number of hydrogen-bond donors (Lipinski definition) is 1. The molecule has 0 aromatic heterocycles. The third-order valence-electron chi connectivity index (χ3n) is 3.58. The number of benzene rings is 2. The van der Waals surface area contributed by atoms with Gasteiger partial charge in [0.2, 0.25) is 0 Å². The summed E-state index contributed by atoms with van der Waals surface area (Å²) in [5, 5.41) is 6.04. The minimum absolute atomic E-state index is 0. The molecule has 3 rings (SSSR count). The van der Waals surface area contributed by atoms with Gasteiger partial charge in [0.05, 0.1) is 8.07 Å². The minimum atomic E-state index is -1.39. The van der Waals surface area contributed by atoms with Gasteiger partial charge in [-0.2, -0.15) is 4.99 Å². The number of rotatable bonds is 3. The van der Waals surface area contributed by atoms with Crippen LogP contribution in [0, 0.1) is 0 Å². The van der Waals surface area contributed by atoms with Gasteiger partial charge in [0.1, 0.15) is 5.69 Å². The van der Waals surface area contributed by atoms with Crippen LogP contribution in [0.1, 0.15) is 0 Å². The Balaban J connectivity index is 0.00000161. The van der Waals surface area contributed by atoms with E-state index in [1.807, 2.05) is 17.8 Å². The van der Waals surface area contributed by atoms with Gasteiger partial charge < -0.3 is 24.0 Å². The van der Waals surface area contributed by atoms with Gasteiger partial charge in [0.25, 0.3) is 5.17 Å². The topological polar surface area (TPSA) is 29.0 Å². The molecule has 0 saturated heterocycles. The first-order valence-corrected chi connectivity index (χ1v) is 11.1. The summed E-state index contributed by atoms with van der Waals surface area (Å²) in [6.45, 7) is 4.86. The zero-order chi connectivity index (χ0) is 14.0. The molecule has 0 unspecified atom stereocenters. The zero-order valence-corrected chi connectivity index (χ0v) is 16.2. The number of nitrogens with two attached hydrogens (primary N) is 1. The fraction of sp³-hybridized carbons (Fsp3) is 0.188. The first-order valence-electron chi connectivity index (χ1n) is 6.86. The van der Waals surface area contributed by atoms with E-state index in [4.69, 9.17) is 4.99 Å². The van der Waals surface area contributed by atoms with Crippen molar-refractivity contribution in [3.05, 3.63) is 54.6 Å². The van der Waals surface area contributed by atoms with Crippen molar-refractivity contribution in [2.24, 2.45) is 4.99 Å². The molecule has 21 heavy (non-hydrogen) atoms. The van der Waals surface area contributed by atoms with Gasteiger partial charge in [-0.05, 0) is 17.8 Å². The smallest absolute Gasteiger partial charge is 0.265 e. The highest BCUT2D eigenvalue weighted by molar-refractivity contribution is 8.14. The Hall–Kier alpha value is -0.633. The Morgan fingerprint density at radius 1 is 1.00 bits per heavy atom. The zero-order valence-electron chi connectivity index (χ0n) is 12.2. The summed E-state index contributed by atoms with van der Waals surface area (Å²) in [5.74, 6) is 0. The maximum atomic E-state index is 4.69. The third-order valence-corrected chi connectivity index (χ3v) is 9.45.